The van der Waals surface area contributed by atoms with Crippen LogP contribution < -0.4 is 0 Å². The van der Waals surface area contributed by atoms with Gasteiger partial charge in [0.25, 0.3) is 0 Å². The Balaban J connectivity index is 2.28. The summed E-state index contributed by atoms with van der Waals surface area (Å²) in [4.78, 5) is 0. The minimum Gasteiger partial charge on any atom is -0.0654 e. The number of unbranched alkanes of at least 4 members (excludes halogenated alkanes) is 1. The third-order valence-corrected chi connectivity index (χ3v) is 3.17. The highest BCUT2D eigenvalue weighted by Crippen LogP contribution is 2.19. The van der Waals surface area contributed by atoms with Crippen LogP contribution in [0.3, 0.4) is 0 Å². The molecule has 0 fully saturated rings. The van der Waals surface area contributed by atoms with Gasteiger partial charge in [-0.3, -0.25) is 0 Å². The molecule has 83 valence electrons. The molecule has 0 heterocycles. The standard InChI is InChI=1S/C15H23/c1-3-5-9-14(4-2)12-13-15-10-7-6-8-11-15/h7-8,10-11,14H,3-5,9,12-13H2,1-2H3. The smallest absolute Gasteiger partial charge is 0.0184 e. The topological polar surface area (TPSA) is 0 Å². The molecule has 1 rings (SSSR count). The van der Waals surface area contributed by atoms with Gasteiger partial charge in [-0.15, -0.1) is 0 Å². The van der Waals surface area contributed by atoms with E-state index in [1.807, 2.05) is 12.1 Å². The van der Waals surface area contributed by atoms with Crippen LogP contribution in [0.5, 0.6) is 0 Å². The quantitative estimate of drug-likeness (QED) is 0.606. The normalized spacial score (nSPS) is 12.7. The largest absolute Gasteiger partial charge is 0.0654 e. The lowest BCUT2D eigenvalue weighted by atomic mass is 9.92. The summed E-state index contributed by atoms with van der Waals surface area (Å²) in [5, 5.41) is 0. The van der Waals surface area contributed by atoms with E-state index >= 15 is 0 Å². The molecule has 1 radical (unpaired) electrons. The zero-order valence-corrected chi connectivity index (χ0v) is 10.1. The second kappa shape index (κ2) is 7.50. The van der Waals surface area contributed by atoms with Crippen molar-refractivity contribution in [2.24, 2.45) is 5.92 Å². The lowest BCUT2D eigenvalue weighted by Gasteiger charge is -2.13. The van der Waals surface area contributed by atoms with Crippen LogP contribution in [-0.2, 0) is 6.42 Å². The van der Waals surface area contributed by atoms with E-state index < -0.39 is 0 Å². The summed E-state index contributed by atoms with van der Waals surface area (Å²) in [6, 6.07) is 11.5. The van der Waals surface area contributed by atoms with Gasteiger partial charge < -0.3 is 0 Å². The van der Waals surface area contributed by atoms with Crippen LogP contribution in [0, 0.1) is 12.0 Å². The van der Waals surface area contributed by atoms with E-state index in [-0.39, 0.29) is 0 Å². The van der Waals surface area contributed by atoms with Crippen molar-refractivity contribution in [1.82, 2.24) is 0 Å². The molecule has 1 unspecified atom stereocenters. The van der Waals surface area contributed by atoms with Gasteiger partial charge in [-0.05, 0) is 30.4 Å². The van der Waals surface area contributed by atoms with Gasteiger partial charge in [0.1, 0.15) is 0 Å². The van der Waals surface area contributed by atoms with Crippen LogP contribution in [0.4, 0.5) is 0 Å². The number of hydrogen-bond acceptors (Lipinski definition) is 0. The fourth-order valence-corrected chi connectivity index (χ4v) is 2.00. The second-order valence-corrected chi connectivity index (χ2v) is 4.36. The SMILES string of the molecule is CCCCC(CC)CCc1cc[c]cc1. The summed E-state index contributed by atoms with van der Waals surface area (Å²) in [6.07, 6.45) is 8.04. The van der Waals surface area contributed by atoms with Crippen molar-refractivity contribution < 1.29 is 0 Å². The molecule has 0 saturated carbocycles. The molecule has 1 aromatic carbocycles. The van der Waals surface area contributed by atoms with E-state index in [0.717, 1.165) is 5.92 Å². The number of rotatable bonds is 7. The summed E-state index contributed by atoms with van der Waals surface area (Å²) in [5.74, 6) is 0.925. The highest BCUT2D eigenvalue weighted by atomic mass is 14.1. The first-order valence-electron chi connectivity index (χ1n) is 6.31. The van der Waals surface area contributed by atoms with Gasteiger partial charge in [-0.1, -0.05) is 63.8 Å². The summed E-state index contributed by atoms with van der Waals surface area (Å²) in [5.41, 5.74) is 1.46. The van der Waals surface area contributed by atoms with E-state index in [4.69, 9.17) is 0 Å². The van der Waals surface area contributed by atoms with Gasteiger partial charge in [-0.25, -0.2) is 0 Å². The molecule has 0 spiro atoms. The maximum atomic E-state index is 3.07. The first-order valence-corrected chi connectivity index (χ1v) is 6.31. The zero-order valence-electron chi connectivity index (χ0n) is 10.1. The monoisotopic (exact) mass is 203 g/mol. The molecule has 0 amide bonds. The Morgan fingerprint density at radius 3 is 2.47 bits per heavy atom. The van der Waals surface area contributed by atoms with Gasteiger partial charge in [-0.2, -0.15) is 0 Å². The number of hydrogen-bond donors (Lipinski definition) is 0. The van der Waals surface area contributed by atoms with Crippen molar-refractivity contribution in [3.63, 3.8) is 0 Å². The van der Waals surface area contributed by atoms with E-state index in [9.17, 15) is 0 Å². The molecule has 0 aliphatic heterocycles. The van der Waals surface area contributed by atoms with Crippen LogP contribution in [0.2, 0.25) is 0 Å². The lowest BCUT2D eigenvalue weighted by Crippen LogP contribution is -2.01. The van der Waals surface area contributed by atoms with Crippen LogP contribution >= 0.6 is 0 Å². The minimum atomic E-state index is 0.925. The average molecular weight is 203 g/mol. The fraction of sp³-hybridized carbons (Fsp3) is 0.600. The molecular weight excluding hydrogens is 180 g/mol. The molecular formula is C15H23. The van der Waals surface area contributed by atoms with Crippen LogP contribution in [0.1, 0.15) is 51.5 Å². The Bertz CT molecular complexity index is 237. The summed E-state index contributed by atoms with van der Waals surface area (Å²) >= 11 is 0. The van der Waals surface area contributed by atoms with Crippen LogP contribution in [0.25, 0.3) is 0 Å². The molecule has 15 heavy (non-hydrogen) atoms. The van der Waals surface area contributed by atoms with Crippen molar-refractivity contribution >= 4 is 0 Å². The molecule has 0 heteroatoms. The fourth-order valence-electron chi connectivity index (χ4n) is 2.00. The Morgan fingerprint density at radius 1 is 1.13 bits per heavy atom. The summed E-state index contributed by atoms with van der Waals surface area (Å²) < 4.78 is 0. The van der Waals surface area contributed by atoms with E-state index in [2.05, 4.69) is 32.0 Å². The summed E-state index contributed by atoms with van der Waals surface area (Å²) in [6.45, 7) is 4.60. The average Bonchev–Trinajstić information content (AvgIpc) is 2.31. The lowest BCUT2D eigenvalue weighted by molar-refractivity contribution is 0.422. The highest BCUT2D eigenvalue weighted by Gasteiger charge is 2.05. The summed E-state index contributed by atoms with van der Waals surface area (Å²) in [7, 11) is 0. The van der Waals surface area contributed by atoms with Gasteiger partial charge in [0.15, 0.2) is 0 Å². The molecule has 1 aromatic rings. The zero-order chi connectivity index (χ0) is 10.9. The molecule has 0 aliphatic rings. The third-order valence-electron chi connectivity index (χ3n) is 3.17. The van der Waals surface area contributed by atoms with Crippen molar-refractivity contribution in [1.29, 1.82) is 0 Å². The first-order chi connectivity index (χ1) is 7.36. The van der Waals surface area contributed by atoms with E-state index in [1.54, 1.807) is 0 Å². The molecule has 1 atom stereocenters. The number of aryl methyl sites for hydroxylation is 1. The van der Waals surface area contributed by atoms with Gasteiger partial charge in [0.2, 0.25) is 0 Å². The highest BCUT2D eigenvalue weighted by molar-refractivity contribution is 5.13. The maximum absolute atomic E-state index is 3.07. The van der Waals surface area contributed by atoms with E-state index in [1.165, 1.54) is 44.1 Å². The third kappa shape index (κ3) is 5.01. The van der Waals surface area contributed by atoms with Gasteiger partial charge in [0, 0.05) is 0 Å². The predicted molar refractivity (Wildman–Crippen MR) is 66.9 cm³/mol. The van der Waals surface area contributed by atoms with E-state index in [0.29, 0.717) is 0 Å². The van der Waals surface area contributed by atoms with Gasteiger partial charge >= 0.3 is 0 Å². The van der Waals surface area contributed by atoms with Crippen molar-refractivity contribution in [2.75, 3.05) is 0 Å². The molecule has 0 aromatic heterocycles. The maximum Gasteiger partial charge on any atom is -0.0184 e. The predicted octanol–water partition coefficient (Wildman–Crippen LogP) is 4.64. The van der Waals surface area contributed by atoms with Crippen molar-refractivity contribution in [3.05, 3.63) is 35.9 Å². The van der Waals surface area contributed by atoms with Crippen molar-refractivity contribution in [3.8, 4) is 0 Å². The number of benzene rings is 1. The van der Waals surface area contributed by atoms with Crippen LogP contribution in [0.15, 0.2) is 24.3 Å². The molecule has 0 saturated heterocycles. The molecule has 0 nitrogen and oxygen atoms in total. The molecule has 0 N–H and O–H groups in total. The first kappa shape index (κ1) is 12.3. The Morgan fingerprint density at radius 2 is 1.87 bits per heavy atom. The second-order valence-electron chi connectivity index (χ2n) is 4.36. The molecule has 0 aliphatic carbocycles. The van der Waals surface area contributed by atoms with Crippen molar-refractivity contribution in [2.45, 2.75) is 52.4 Å². The van der Waals surface area contributed by atoms with Crippen LogP contribution in [-0.4, -0.2) is 0 Å². The van der Waals surface area contributed by atoms with Gasteiger partial charge in [0.05, 0.1) is 0 Å². The Kier molecular flexibility index (Phi) is 6.15. The Labute approximate surface area is 94.7 Å². The Hall–Kier alpha value is -0.780. The minimum absolute atomic E-state index is 0.925. The molecule has 0 bridgehead atoms.